The molecule has 2 aromatic rings. The summed E-state index contributed by atoms with van der Waals surface area (Å²) in [5.74, 6) is -3.48. The van der Waals surface area contributed by atoms with E-state index in [1.807, 2.05) is 42.5 Å². The lowest BCUT2D eigenvalue weighted by Gasteiger charge is -2.41. The number of carbonyl (C=O) groups excluding carboxylic acids is 3. The first kappa shape index (κ1) is 27.1. The van der Waals surface area contributed by atoms with Gasteiger partial charge in [0.15, 0.2) is 5.78 Å². The zero-order valence-corrected chi connectivity index (χ0v) is 22.4. The summed E-state index contributed by atoms with van der Waals surface area (Å²) < 4.78 is 21.8. The lowest BCUT2D eigenvalue weighted by Crippen LogP contribution is -2.48. The molecule has 0 radical (unpaired) electrons. The Morgan fingerprint density at radius 1 is 0.947 bits per heavy atom. The van der Waals surface area contributed by atoms with Crippen LogP contribution in [0, 0.1) is 11.8 Å². The summed E-state index contributed by atoms with van der Waals surface area (Å²) in [7, 11) is 3.11. The van der Waals surface area contributed by atoms with Crippen molar-refractivity contribution in [3.8, 4) is 11.5 Å². The maximum absolute atomic E-state index is 14.4. The lowest BCUT2D eigenvalue weighted by atomic mass is 9.62. The molecule has 200 valence electrons. The minimum Gasteiger partial charge on any atom is -0.497 e. The summed E-state index contributed by atoms with van der Waals surface area (Å²) in [5, 5.41) is 0. The van der Waals surface area contributed by atoms with E-state index in [1.165, 1.54) is 0 Å². The number of hydrogen-bond donors (Lipinski definition) is 0. The molecule has 1 heterocycles. The highest BCUT2D eigenvalue weighted by Crippen LogP contribution is 2.50. The van der Waals surface area contributed by atoms with Gasteiger partial charge in [-0.25, -0.2) is 4.79 Å². The molecule has 1 fully saturated rings. The number of nitrogens with zero attached hydrogens (tertiary/aromatic N) is 1. The standard InChI is InChI=1S/C30H33NO7/c1-6-37-29(33)24-17(3)31-22-16-21(18-11-10-12-19(15-18)35-4)26(30(34)38-7-2)28(32)27(22)25(24)20-13-8-9-14-23(20)36-5/h8-15,21,25-27H,6-7,16H2,1-5H3/t21-,25-,26+,27?/m1/s1. The molecule has 0 amide bonds. The molecule has 38 heavy (non-hydrogen) atoms. The summed E-state index contributed by atoms with van der Waals surface area (Å²) in [4.78, 5) is 45.7. The van der Waals surface area contributed by atoms with Gasteiger partial charge in [0.25, 0.3) is 0 Å². The van der Waals surface area contributed by atoms with E-state index < -0.39 is 35.6 Å². The van der Waals surface area contributed by atoms with Gasteiger partial charge in [-0.1, -0.05) is 30.3 Å². The Morgan fingerprint density at radius 2 is 1.68 bits per heavy atom. The van der Waals surface area contributed by atoms with Gasteiger partial charge in [-0.15, -0.1) is 0 Å². The first-order valence-corrected chi connectivity index (χ1v) is 12.8. The summed E-state index contributed by atoms with van der Waals surface area (Å²) in [5.41, 5.74) is 2.83. The fraction of sp³-hybridized carbons (Fsp3) is 0.400. The summed E-state index contributed by atoms with van der Waals surface area (Å²) >= 11 is 0. The smallest absolute Gasteiger partial charge is 0.336 e. The Kier molecular flexibility index (Phi) is 8.29. The third-order valence-electron chi connectivity index (χ3n) is 7.18. The number of esters is 2. The average Bonchev–Trinajstić information content (AvgIpc) is 2.92. The number of Topliss-reactive ketones (excluding diaryl/α,β-unsaturated/α-hetero) is 1. The predicted octanol–water partition coefficient (Wildman–Crippen LogP) is 4.63. The van der Waals surface area contributed by atoms with Crippen LogP contribution in [0.2, 0.25) is 0 Å². The van der Waals surface area contributed by atoms with E-state index in [1.54, 1.807) is 41.1 Å². The Labute approximate surface area is 222 Å². The van der Waals surface area contributed by atoms with E-state index in [0.717, 1.165) is 5.56 Å². The molecule has 0 bridgehead atoms. The van der Waals surface area contributed by atoms with Gasteiger partial charge >= 0.3 is 11.9 Å². The molecule has 4 atom stereocenters. The van der Waals surface area contributed by atoms with Crippen LogP contribution in [0.15, 0.2) is 64.8 Å². The van der Waals surface area contributed by atoms with Gasteiger partial charge in [-0.05, 0) is 51.0 Å². The van der Waals surface area contributed by atoms with Crippen LogP contribution < -0.4 is 9.47 Å². The number of allylic oxidation sites excluding steroid dienone is 1. The van der Waals surface area contributed by atoms with E-state index in [2.05, 4.69) is 0 Å². The highest BCUT2D eigenvalue weighted by Gasteiger charge is 2.53. The zero-order chi connectivity index (χ0) is 27.4. The Morgan fingerprint density at radius 3 is 2.37 bits per heavy atom. The molecule has 8 heteroatoms. The van der Waals surface area contributed by atoms with Gasteiger partial charge < -0.3 is 18.9 Å². The maximum Gasteiger partial charge on any atom is 0.336 e. The van der Waals surface area contributed by atoms with Crippen molar-refractivity contribution in [3.05, 3.63) is 70.9 Å². The predicted molar refractivity (Wildman–Crippen MR) is 141 cm³/mol. The van der Waals surface area contributed by atoms with Crippen molar-refractivity contribution in [2.45, 2.75) is 39.0 Å². The van der Waals surface area contributed by atoms with Gasteiger partial charge in [0.2, 0.25) is 0 Å². The second-order valence-corrected chi connectivity index (χ2v) is 9.24. The number of benzene rings is 2. The highest BCUT2D eigenvalue weighted by atomic mass is 16.5. The van der Waals surface area contributed by atoms with Gasteiger partial charge in [0, 0.05) is 28.8 Å². The fourth-order valence-corrected chi connectivity index (χ4v) is 5.60. The quantitative estimate of drug-likeness (QED) is 0.370. The molecule has 0 spiro atoms. The highest BCUT2D eigenvalue weighted by molar-refractivity contribution is 6.18. The minimum atomic E-state index is -1.08. The molecular formula is C30H33NO7. The number of methoxy groups -OCH3 is 2. The Bertz CT molecular complexity index is 1300. The summed E-state index contributed by atoms with van der Waals surface area (Å²) in [6.07, 6.45) is 0.339. The number of para-hydroxylation sites is 1. The first-order chi connectivity index (χ1) is 18.4. The van der Waals surface area contributed by atoms with Crippen LogP contribution >= 0.6 is 0 Å². The molecule has 8 nitrogen and oxygen atoms in total. The third kappa shape index (κ3) is 4.95. The number of carbonyl (C=O) groups is 3. The number of rotatable bonds is 8. The average molecular weight is 520 g/mol. The van der Waals surface area contributed by atoms with E-state index >= 15 is 0 Å². The van der Waals surface area contributed by atoms with Crippen molar-refractivity contribution in [2.24, 2.45) is 16.8 Å². The molecule has 4 rings (SSSR count). The molecule has 2 aliphatic rings. The zero-order valence-electron chi connectivity index (χ0n) is 22.4. The summed E-state index contributed by atoms with van der Waals surface area (Å²) in [6.45, 7) is 5.50. The molecular weight excluding hydrogens is 486 g/mol. The van der Waals surface area contributed by atoms with E-state index in [4.69, 9.17) is 23.9 Å². The topological polar surface area (TPSA) is 100 Å². The molecule has 1 unspecified atom stereocenters. The van der Waals surface area contributed by atoms with Crippen molar-refractivity contribution in [1.82, 2.24) is 0 Å². The van der Waals surface area contributed by atoms with Crippen LogP contribution in [-0.4, -0.2) is 50.9 Å². The molecule has 1 aliphatic carbocycles. The van der Waals surface area contributed by atoms with Crippen LogP contribution in [0.5, 0.6) is 11.5 Å². The second kappa shape index (κ2) is 11.6. The number of fused-ring (bicyclic) bond motifs is 1. The molecule has 0 aromatic heterocycles. The van der Waals surface area contributed by atoms with Crippen molar-refractivity contribution >= 4 is 23.4 Å². The maximum atomic E-state index is 14.4. The van der Waals surface area contributed by atoms with Crippen LogP contribution in [-0.2, 0) is 23.9 Å². The number of ketones is 1. The molecule has 1 saturated carbocycles. The van der Waals surface area contributed by atoms with Crippen LogP contribution in [0.1, 0.15) is 50.2 Å². The number of ether oxygens (including phenoxy) is 4. The SMILES string of the molecule is CCOC(=O)C1=C(C)N=C2C[C@H](c3cccc(OC)c3)[C@H](C(=O)OCC)C(=O)C2[C@@H]1c1ccccc1OC. The van der Waals surface area contributed by atoms with Crippen molar-refractivity contribution in [2.75, 3.05) is 27.4 Å². The van der Waals surface area contributed by atoms with Gasteiger partial charge in [-0.2, -0.15) is 0 Å². The van der Waals surface area contributed by atoms with Crippen LogP contribution in [0.25, 0.3) is 0 Å². The number of hydrogen-bond acceptors (Lipinski definition) is 8. The normalized spacial score (nSPS) is 22.8. The van der Waals surface area contributed by atoms with Crippen molar-refractivity contribution < 1.29 is 33.3 Å². The van der Waals surface area contributed by atoms with Gasteiger partial charge in [0.05, 0.1) is 38.9 Å². The van der Waals surface area contributed by atoms with Crippen molar-refractivity contribution in [1.29, 1.82) is 0 Å². The first-order valence-electron chi connectivity index (χ1n) is 12.8. The summed E-state index contributed by atoms with van der Waals surface area (Å²) in [6, 6.07) is 14.6. The Balaban J connectivity index is 1.92. The van der Waals surface area contributed by atoms with Crippen LogP contribution in [0.4, 0.5) is 0 Å². The fourth-order valence-electron chi connectivity index (χ4n) is 5.60. The largest absolute Gasteiger partial charge is 0.497 e. The van der Waals surface area contributed by atoms with Gasteiger partial charge in [0.1, 0.15) is 17.4 Å². The minimum absolute atomic E-state index is 0.141. The van der Waals surface area contributed by atoms with Crippen LogP contribution in [0.3, 0.4) is 0 Å². The lowest BCUT2D eigenvalue weighted by molar-refractivity contribution is -0.153. The number of aliphatic imine (C=N–C) groups is 1. The van der Waals surface area contributed by atoms with E-state index in [0.29, 0.717) is 40.5 Å². The molecule has 1 aliphatic heterocycles. The molecule has 0 saturated heterocycles. The monoisotopic (exact) mass is 519 g/mol. The van der Waals surface area contributed by atoms with E-state index in [-0.39, 0.29) is 19.0 Å². The van der Waals surface area contributed by atoms with Crippen molar-refractivity contribution in [3.63, 3.8) is 0 Å². The molecule has 2 aromatic carbocycles. The second-order valence-electron chi connectivity index (χ2n) is 9.24. The third-order valence-corrected chi connectivity index (χ3v) is 7.18. The molecule has 0 N–H and O–H groups in total. The van der Waals surface area contributed by atoms with E-state index in [9.17, 15) is 14.4 Å². The van der Waals surface area contributed by atoms with Gasteiger partial charge in [-0.3, -0.25) is 14.6 Å². The Hall–Kier alpha value is -3.94.